The van der Waals surface area contributed by atoms with Gasteiger partial charge in [-0.2, -0.15) is 0 Å². The molecule has 2 atom stereocenters. The van der Waals surface area contributed by atoms with Gasteiger partial charge in [-0.1, -0.05) is 12.5 Å². The fourth-order valence-electron chi connectivity index (χ4n) is 4.94. The number of hydrogen-bond acceptors (Lipinski definition) is 5. The summed E-state index contributed by atoms with van der Waals surface area (Å²) in [6.07, 6.45) is 7.54. The Hall–Kier alpha value is -2.74. The molecule has 3 aliphatic heterocycles. The fraction of sp³-hybridized carbons (Fsp3) is 0.565. The van der Waals surface area contributed by atoms with E-state index in [4.69, 9.17) is 4.74 Å². The number of carbonyl (C=O) groups excluding carboxylic acids is 2. The summed E-state index contributed by atoms with van der Waals surface area (Å²) in [7, 11) is 0. The van der Waals surface area contributed by atoms with Crippen molar-refractivity contribution in [3.05, 3.63) is 41.5 Å². The number of anilines is 1. The summed E-state index contributed by atoms with van der Waals surface area (Å²) in [5.74, 6) is 1.80. The number of likely N-dealkylation sites (tertiary alicyclic amines) is 1. The number of rotatable bonds is 4. The largest absolute Gasteiger partial charge is 0.368 e. The van der Waals surface area contributed by atoms with Gasteiger partial charge in [0.2, 0.25) is 0 Å². The Labute approximate surface area is 182 Å². The van der Waals surface area contributed by atoms with E-state index in [9.17, 15) is 9.59 Å². The van der Waals surface area contributed by atoms with Gasteiger partial charge >= 0.3 is 0 Å². The normalized spacial score (nSPS) is 23.4. The van der Waals surface area contributed by atoms with Crippen LogP contribution in [0.3, 0.4) is 0 Å². The predicted molar refractivity (Wildman–Crippen MR) is 115 cm³/mol. The standard InChI is InChI=1S/C23H29N5O3/c29-22(19-10-6-14-31-19)24-17-8-4-7-16(15-17)23(30)27-13-5-9-18(27)21-26-25-20-11-2-1-3-12-28(20)21/h4,7-8,15,18-19H,1-3,5-6,9-14H2,(H,24,29)/t18-,19-/m1/s1. The van der Waals surface area contributed by atoms with E-state index in [1.54, 1.807) is 6.07 Å². The molecule has 3 aliphatic rings. The molecule has 1 aromatic carbocycles. The van der Waals surface area contributed by atoms with Crippen molar-refractivity contribution in [1.29, 1.82) is 0 Å². The van der Waals surface area contributed by atoms with Crippen LogP contribution in [0.1, 0.15) is 73.0 Å². The number of fused-ring (bicyclic) bond motifs is 1. The number of benzene rings is 1. The molecular weight excluding hydrogens is 394 g/mol. The van der Waals surface area contributed by atoms with Crippen molar-refractivity contribution in [1.82, 2.24) is 19.7 Å². The van der Waals surface area contributed by atoms with E-state index in [2.05, 4.69) is 20.1 Å². The first-order chi connectivity index (χ1) is 15.2. The van der Waals surface area contributed by atoms with Gasteiger partial charge in [-0.15, -0.1) is 10.2 Å². The van der Waals surface area contributed by atoms with Gasteiger partial charge in [0.15, 0.2) is 5.82 Å². The smallest absolute Gasteiger partial charge is 0.254 e. The maximum atomic E-state index is 13.4. The number of nitrogens with one attached hydrogen (secondary N) is 1. The fourth-order valence-corrected chi connectivity index (χ4v) is 4.94. The van der Waals surface area contributed by atoms with Crippen LogP contribution in [-0.4, -0.2) is 50.7 Å². The lowest BCUT2D eigenvalue weighted by atomic mass is 10.1. The van der Waals surface area contributed by atoms with Crippen molar-refractivity contribution < 1.29 is 14.3 Å². The lowest BCUT2D eigenvalue weighted by Gasteiger charge is -2.25. The van der Waals surface area contributed by atoms with Crippen molar-refractivity contribution in [2.24, 2.45) is 0 Å². The van der Waals surface area contributed by atoms with Gasteiger partial charge in [0.25, 0.3) is 11.8 Å². The van der Waals surface area contributed by atoms with E-state index in [1.807, 2.05) is 23.1 Å². The Bertz CT molecular complexity index is 966. The number of carbonyl (C=O) groups is 2. The van der Waals surface area contributed by atoms with Gasteiger partial charge in [0, 0.05) is 37.4 Å². The Morgan fingerprint density at radius 2 is 1.97 bits per heavy atom. The van der Waals surface area contributed by atoms with Crippen LogP contribution in [0.25, 0.3) is 0 Å². The van der Waals surface area contributed by atoms with Gasteiger partial charge in [0.1, 0.15) is 11.9 Å². The van der Waals surface area contributed by atoms with Crippen LogP contribution in [0.15, 0.2) is 24.3 Å². The van der Waals surface area contributed by atoms with Crippen molar-refractivity contribution in [3.8, 4) is 0 Å². The van der Waals surface area contributed by atoms with E-state index < -0.39 is 6.10 Å². The Balaban J connectivity index is 1.34. The van der Waals surface area contributed by atoms with Crippen LogP contribution >= 0.6 is 0 Å². The second-order valence-electron chi connectivity index (χ2n) is 8.67. The third-order valence-corrected chi connectivity index (χ3v) is 6.55. The second kappa shape index (κ2) is 8.78. The third kappa shape index (κ3) is 4.08. The average molecular weight is 424 g/mol. The Morgan fingerprint density at radius 1 is 1.03 bits per heavy atom. The summed E-state index contributed by atoms with van der Waals surface area (Å²) in [6, 6.07) is 7.14. The van der Waals surface area contributed by atoms with Crippen LogP contribution in [0, 0.1) is 0 Å². The summed E-state index contributed by atoms with van der Waals surface area (Å²) in [5.41, 5.74) is 1.20. The molecule has 164 valence electrons. The second-order valence-corrected chi connectivity index (χ2v) is 8.67. The maximum Gasteiger partial charge on any atom is 0.254 e. The lowest BCUT2D eigenvalue weighted by Crippen LogP contribution is -2.32. The minimum absolute atomic E-state index is 0.0262. The molecule has 0 saturated carbocycles. The lowest BCUT2D eigenvalue weighted by molar-refractivity contribution is -0.124. The van der Waals surface area contributed by atoms with E-state index in [-0.39, 0.29) is 17.9 Å². The zero-order chi connectivity index (χ0) is 21.2. The van der Waals surface area contributed by atoms with Gasteiger partial charge in [-0.3, -0.25) is 9.59 Å². The van der Waals surface area contributed by atoms with Gasteiger partial charge in [-0.05, 0) is 56.7 Å². The van der Waals surface area contributed by atoms with Gasteiger partial charge in [0.05, 0.1) is 6.04 Å². The van der Waals surface area contributed by atoms with E-state index in [1.165, 1.54) is 6.42 Å². The minimum Gasteiger partial charge on any atom is -0.368 e. The number of hydrogen-bond donors (Lipinski definition) is 1. The first-order valence-electron chi connectivity index (χ1n) is 11.5. The van der Waals surface area contributed by atoms with Gasteiger partial charge in [-0.25, -0.2) is 0 Å². The number of amides is 2. The molecule has 31 heavy (non-hydrogen) atoms. The van der Waals surface area contributed by atoms with Crippen molar-refractivity contribution >= 4 is 17.5 Å². The van der Waals surface area contributed by atoms with Crippen LogP contribution in [0.4, 0.5) is 5.69 Å². The van der Waals surface area contributed by atoms with Crippen LogP contribution in [0.2, 0.25) is 0 Å². The highest BCUT2D eigenvalue weighted by Gasteiger charge is 2.35. The van der Waals surface area contributed by atoms with Crippen molar-refractivity contribution in [3.63, 3.8) is 0 Å². The zero-order valence-electron chi connectivity index (χ0n) is 17.8. The molecule has 0 aliphatic carbocycles. The highest BCUT2D eigenvalue weighted by atomic mass is 16.5. The topological polar surface area (TPSA) is 89.4 Å². The number of ether oxygens (including phenoxy) is 1. The molecule has 2 amide bonds. The first-order valence-corrected chi connectivity index (χ1v) is 11.5. The molecular formula is C23H29N5O3. The quantitative estimate of drug-likeness (QED) is 0.816. The highest BCUT2D eigenvalue weighted by molar-refractivity contribution is 5.98. The highest BCUT2D eigenvalue weighted by Crippen LogP contribution is 2.33. The zero-order valence-corrected chi connectivity index (χ0v) is 17.8. The monoisotopic (exact) mass is 423 g/mol. The molecule has 0 radical (unpaired) electrons. The molecule has 8 heteroatoms. The van der Waals surface area contributed by atoms with Crippen LogP contribution < -0.4 is 5.32 Å². The minimum atomic E-state index is -0.398. The van der Waals surface area contributed by atoms with Crippen molar-refractivity contribution in [2.45, 2.75) is 70.1 Å². The molecule has 4 heterocycles. The summed E-state index contributed by atoms with van der Waals surface area (Å²) in [5, 5.41) is 11.8. The van der Waals surface area contributed by atoms with Crippen LogP contribution in [-0.2, 0) is 22.5 Å². The molecule has 2 fully saturated rings. The summed E-state index contributed by atoms with van der Waals surface area (Å²) in [4.78, 5) is 27.7. The molecule has 0 unspecified atom stereocenters. The molecule has 2 aromatic rings. The predicted octanol–water partition coefficient (Wildman–Crippen LogP) is 3.10. The molecule has 5 rings (SSSR count). The number of aromatic nitrogens is 3. The Kier molecular flexibility index (Phi) is 5.72. The number of nitrogens with zero attached hydrogens (tertiary/aromatic N) is 4. The van der Waals surface area contributed by atoms with Gasteiger partial charge < -0.3 is 19.5 Å². The molecule has 8 nitrogen and oxygen atoms in total. The molecule has 0 spiro atoms. The van der Waals surface area contributed by atoms with E-state index >= 15 is 0 Å². The summed E-state index contributed by atoms with van der Waals surface area (Å²) >= 11 is 0. The van der Waals surface area contributed by atoms with Crippen molar-refractivity contribution in [2.75, 3.05) is 18.5 Å². The Morgan fingerprint density at radius 3 is 2.84 bits per heavy atom. The summed E-state index contributed by atoms with van der Waals surface area (Å²) in [6.45, 7) is 2.26. The maximum absolute atomic E-state index is 13.4. The van der Waals surface area contributed by atoms with E-state index in [0.29, 0.717) is 24.4 Å². The molecule has 1 N–H and O–H groups in total. The SMILES string of the molecule is O=C(Nc1cccc(C(=O)N2CCC[C@@H]2c2nnc3n2CCCCC3)c1)[C@H]1CCCO1. The van der Waals surface area contributed by atoms with Crippen LogP contribution in [0.5, 0.6) is 0 Å². The van der Waals surface area contributed by atoms with E-state index in [0.717, 1.165) is 63.1 Å². The average Bonchev–Trinajstić information content (AvgIpc) is 3.52. The number of aryl methyl sites for hydroxylation is 1. The molecule has 2 saturated heterocycles. The third-order valence-electron chi connectivity index (χ3n) is 6.55. The first kappa shape index (κ1) is 20.2. The summed E-state index contributed by atoms with van der Waals surface area (Å²) < 4.78 is 7.69. The molecule has 1 aromatic heterocycles. The molecule has 0 bridgehead atoms.